The summed E-state index contributed by atoms with van der Waals surface area (Å²) in [7, 11) is 0. The highest BCUT2D eigenvalue weighted by atomic mass is 19.4. The molecule has 136 valence electrons. The Hall–Kier alpha value is -2.75. The van der Waals surface area contributed by atoms with Gasteiger partial charge in [0, 0.05) is 43.2 Å². The molecule has 26 heavy (non-hydrogen) atoms. The second-order valence-corrected chi connectivity index (χ2v) is 6.10. The third-order valence-electron chi connectivity index (χ3n) is 4.32. The van der Waals surface area contributed by atoms with Crippen LogP contribution in [-0.2, 0) is 25.8 Å². The molecule has 0 atom stereocenters. The van der Waals surface area contributed by atoms with Crippen molar-refractivity contribution in [2.45, 2.75) is 32.7 Å². The molecule has 0 aromatic carbocycles. The van der Waals surface area contributed by atoms with Crippen molar-refractivity contribution < 1.29 is 17.6 Å². The predicted molar refractivity (Wildman–Crippen MR) is 83.6 cm³/mol. The SMILES string of the molecule is Cc1c(-c2ncco2)nn2c1CN(Cc1cnc(C(F)(F)F)nc1)CC2. The number of hydrogen-bond donors (Lipinski definition) is 0. The Kier molecular flexibility index (Phi) is 3.98. The Morgan fingerprint density at radius 3 is 2.58 bits per heavy atom. The number of nitrogens with zero attached hydrogens (tertiary/aromatic N) is 6. The zero-order chi connectivity index (χ0) is 18.3. The van der Waals surface area contributed by atoms with Crippen LogP contribution in [0.15, 0.2) is 29.3 Å². The van der Waals surface area contributed by atoms with E-state index in [1.165, 1.54) is 18.7 Å². The van der Waals surface area contributed by atoms with Gasteiger partial charge >= 0.3 is 6.18 Å². The highest BCUT2D eigenvalue weighted by Gasteiger charge is 2.34. The summed E-state index contributed by atoms with van der Waals surface area (Å²) in [5.41, 5.74) is 3.37. The van der Waals surface area contributed by atoms with Crippen molar-refractivity contribution in [3.05, 3.63) is 47.5 Å². The summed E-state index contributed by atoms with van der Waals surface area (Å²) in [6.45, 7) is 4.46. The molecule has 3 aromatic rings. The largest absolute Gasteiger partial charge is 0.451 e. The van der Waals surface area contributed by atoms with Crippen LogP contribution < -0.4 is 0 Å². The minimum Gasteiger partial charge on any atom is -0.443 e. The van der Waals surface area contributed by atoms with Gasteiger partial charge in [0.05, 0.1) is 18.4 Å². The molecule has 3 aromatic heterocycles. The lowest BCUT2D eigenvalue weighted by Gasteiger charge is -2.27. The summed E-state index contributed by atoms with van der Waals surface area (Å²) in [6, 6.07) is 0. The van der Waals surface area contributed by atoms with E-state index in [2.05, 4.69) is 25.0 Å². The molecule has 10 heteroatoms. The van der Waals surface area contributed by atoms with E-state index >= 15 is 0 Å². The number of oxazole rings is 1. The molecule has 0 radical (unpaired) electrons. The molecule has 0 N–H and O–H groups in total. The standard InChI is InChI=1S/C16H15F3N6O/c1-10-12-9-24(8-11-6-21-15(22-7-11)16(17,18)19)3-4-25(12)23-13(10)14-20-2-5-26-14/h2,5-7H,3-4,8-9H2,1H3. The zero-order valence-electron chi connectivity index (χ0n) is 13.9. The van der Waals surface area contributed by atoms with E-state index < -0.39 is 12.0 Å². The van der Waals surface area contributed by atoms with Crippen LogP contribution >= 0.6 is 0 Å². The first-order chi connectivity index (χ1) is 12.4. The van der Waals surface area contributed by atoms with Gasteiger partial charge < -0.3 is 4.42 Å². The van der Waals surface area contributed by atoms with Gasteiger partial charge in [0.25, 0.3) is 0 Å². The topological polar surface area (TPSA) is 72.9 Å². The van der Waals surface area contributed by atoms with Crippen molar-refractivity contribution in [2.24, 2.45) is 0 Å². The van der Waals surface area contributed by atoms with Gasteiger partial charge in [-0.25, -0.2) is 15.0 Å². The van der Waals surface area contributed by atoms with Crippen LogP contribution in [0.1, 0.15) is 22.6 Å². The summed E-state index contributed by atoms with van der Waals surface area (Å²) in [5.74, 6) is -0.642. The first kappa shape index (κ1) is 16.7. The number of rotatable bonds is 3. The van der Waals surface area contributed by atoms with Gasteiger partial charge in [-0.1, -0.05) is 0 Å². The van der Waals surface area contributed by atoms with Crippen LogP contribution in [0.4, 0.5) is 13.2 Å². The van der Waals surface area contributed by atoms with Crippen LogP contribution in [0, 0.1) is 6.92 Å². The third-order valence-corrected chi connectivity index (χ3v) is 4.32. The summed E-state index contributed by atoms with van der Waals surface area (Å²) < 4.78 is 44.9. The van der Waals surface area contributed by atoms with Gasteiger partial charge in [0.1, 0.15) is 6.26 Å². The van der Waals surface area contributed by atoms with E-state index in [1.807, 2.05) is 11.6 Å². The molecule has 0 saturated carbocycles. The van der Waals surface area contributed by atoms with Crippen LogP contribution in [0.5, 0.6) is 0 Å². The number of aromatic nitrogens is 5. The zero-order valence-corrected chi connectivity index (χ0v) is 13.9. The van der Waals surface area contributed by atoms with Crippen molar-refractivity contribution in [3.63, 3.8) is 0 Å². The van der Waals surface area contributed by atoms with E-state index in [0.717, 1.165) is 17.8 Å². The van der Waals surface area contributed by atoms with Gasteiger partial charge in [-0.15, -0.1) is 0 Å². The van der Waals surface area contributed by atoms with Gasteiger partial charge in [0.15, 0.2) is 5.69 Å². The van der Waals surface area contributed by atoms with Crippen molar-refractivity contribution in [3.8, 4) is 11.6 Å². The molecule has 0 aliphatic carbocycles. The molecular formula is C16H15F3N6O. The summed E-state index contributed by atoms with van der Waals surface area (Å²) in [6.07, 6.45) is 1.01. The van der Waals surface area contributed by atoms with Gasteiger partial charge in [-0.05, 0) is 6.92 Å². The summed E-state index contributed by atoms with van der Waals surface area (Å²) in [4.78, 5) is 13.1. The minimum atomic E-state index is -4.52. The van der Waals surface area contributed by atoms with E-state index in [4.69, 9.17) is 4.42 Å². The Balaban J connectivity index is 1.50. The second kappa shape index (κ2) is 6.20. The van der Waals surface area contributed by atoms with E-state index in [0.29, 0.717) is 36.8 Å². The third kappa shape index (κ3) is 3.07. The normalized spacial score (nSPS) is 15.2. The van der Waals surface area contributed by atoms with Gasteiger partial charge in [-0.2, -0.15) is 18.3 Å². The fourth-order valence-electron chi connectivity index (χ4n) is 3.02. The van der Waals surface area contributed by atoms with E-state index in [-0.39, 0.29) is 0 Å². The van der Waals surface area contributed by atoms with E-state index in [1.54, 1.807) is 6.20 Å². The van der Waals surface area contributed by atoms with Crippen LogP contribution in [-0.4, -0.2) is 36.2 Å². The Labute approximate surface area is 146 Å². The maximum Gasteiger partial charge on any atom is 0.451 e. The predicted octanol–water partition coefficient (Wildman–Crippen LogP) is 2.67. The lowest BCUT2D eigenvalue weighted by Crippen LogP contribution is -2.33. The fourth-order valence-corrected chi connectivity index (χ4v) is 3.02. The minimum absolute atomic E-state index is 0.469. The molecule has 0 spiro atoms. The monoisotopic (exact) mass is 364 g/mol. The quantitative estimate of drug-likeness (QED) is 0.712. The van der Waals surface area contributed by atoms with Crippen molar-refractivity contribution in [1.29, 1.82) is 0 Å². The van der Waals surface area contributed by atoms with Gasteiger partial charge in [0.2, 0.25) is 11.7 Å². The number of hydrogen-bond acceptors (Lipinski definition) is 6. The Morgan fingerprint density at radius 1 is 1.15 bits per heavy atom. The molecule has 4 heterocycles. The van der Waals surface area contributed by atoms with Crippen LogP contribution in [0.2, 0.25) is 0 Å². The second-order valence-electron chi connectivity index (χ2n) is 6.10. The fraction of sp³-hybridized carbons (Fsp3) is 0.375. The molecule has 0 unspecified atom stereocenters. The molecule has 0 amide bonds. The molecule has 0 fully saturated rings. The molecule has 0 bridgehead atoms. The van der Waals surface area contributed by atoms with Crippen molar-refractivity contribution in [2.75, 3.05) is 6.54 Å². The molecule has 1 aliphatic rings. The highest BCUT2D eigenvalue weighted by Crippen LogP contribution is 2.28. The molecule has 7 nitrogen and oxygen atoms in total. The first-order valence-corrected chi connectivity index (χ1v) is 7.98. The molecular weight excluding hydrogens is 349 g/mol. The lowest BCUT2D eigenvalue weighted by molar-refractivity contribution is -0.145. The highest BCUT2D eigenvalue weighted by molar-refractivity contribution is 5.54. The Morgan fingerprint density at radius 2 is 1.92 bits per heavy atom. The van der Waals surface area contributed by atoms with Gasteiger partial charge in [-0.3, -0.25) is 9.58 Å². The summed E-state index contributed by atoms with van der Waals surface area (Å²) in [5, 5.41) is 4.56. The van der Waals surface area contributed by atoms with Crippen molar-refractivity contribution in [1.82, 2.24) is 29.6 Å². The summed E-state index contributed by atoms with van der Waals surface area (Å²) >= 11 is 0. The van der Waals surface area contributed by atoms with Crippen LogP contribution in [0.3, 0.4) is 0 Å². The number of alkyl halides is 3. The molecule has 1 aliphatic heterocycles. The van der Waals surface area contributed by atoms with Crippen LogP contribution in [0.25, 0.3) is 11.6 Å². The number of fused-ring (bicyclic) bond motifs is 1. The average Bonchev–Trinajstić information content (AvgIpc) is 3.23. The molecule has 4 rings (SSSR count). The Bertz CT molecular complexity index is 901. The van der Waals surface area contributed by atoms with E-state index in [9.17, 15) is 13.2 Å². The first-order valence-electron chi connectivity index (χ1n) is 7.98. The maximum absolute atomic E-state index is 12.5. The van der Waals surface area contributed by atoms with Crippen molar-refractivity contribution >= 4 is 0 Å². The average molecular weight is 364 g/mol. The maximum atomic E-state index is 12.5. The smallest absolute Gasteiger partial charge is 0.443 e. The number of halogens is 3. The lowest BCUT2D eigenvalue weighted by atomic mass is 10.1. The molecule has 0 saturated heterocycles.